The maximum atomic E-state index is 13.6. The molecule has 4 rings (SSSR count). The van der Waals surface area contributed by atoms with Gasteiger partial charge in [-0.3, -0.25) is 9.59 Å². The summed E-state index contributed by atoms with van der Waals surface area (Å²) in [5.74, 6) is 1.12. The topological polar surface area (TPSA) is 59.1 Å². The molecular weight excluding hydrogens is 496 g/mol. The highest BCUT2D eigenvalue weighted by Crippen LogP contribution is 2.34. The largest absolute Gasteiger partial charge is 0.497 e. The van der Waals surface area contributed by atoms with Crippen LogP contribution in [0.3, 0.4) is 0 Å². The van der Waals surface area contributed by atoms with E-state index in [9.17, 15) is 9.59 Å². The summed E-state index contributed by atoms with van der Waals surface area (Å²) in [4.78, 5) is 31.7. The first-order valence-corrected chi connectivity index (χ1v) is 13.2. The zero-order chi connectivity index (χ0) is 25.8. The number of rotatable bonds is 8. The SMILES string of the molecule is COc1ccc(C(=O)N(CC(=O)N2CCc3sccc3[C@H]2COc2ccc(Cl)c(C)c2)C(C)C)cc1. The molecule has 6 nitrogen and oxygen atoms in total. The van der Waals surface area contributed by atoms with Gasteiger partial charge in [-0.25, -0.2) is 0 Å². The number of carbonyl (C=O) groups is 2. The van der Waals surface area contributed by atoms with Crippen molar-refractivity contribution in [3.8, 4) is 11.5 Å². The summed E-state index contributed by atoms with van der Waals surface area (Å²) in [5, 5.41) is 2.75. The van der Waals surface area contributed by atoms with E-state index in [1.807, 2.05) is 43.9 Å². The standard InChI is InChI=1S/C28H31ClN2O4S/c1-18(2)31(28(33)20-5-7-21(34-4)8-6-20)16-27(32)30-13-11-26-23(12-14-36-26)25(30)17-35-22-9-10-24(29)19(3)15-22/h5-10,12,14-15,18,25H,11,13,16-17H2,1-4H3/t25-/m1/s1. The fourth-order valence-electron chi connectivity index (χ4n) is 4.38. The Bertz CT molecular complexity index is 1220. The zero-order valence-electron chi connectivity index (χ0n) is 21.0. The van der Waals surface area contributed by atoms with Gasteiger partial charge in [0, 0.05) is 28.0 Å². The Hall–Kier alpha value is -3.03. The van der Waals surface area contributed by atoms with Gasteiger partial charge in [-0.15, -0.1) is 11.3 Å². The van der Waals surface area contributed by atoms with Crippen molar-refractivity contribution in [1.29, 1.82) is 0 Å². The Morgan fingerprint density at radius 3 is 2.53 bits per heavy atom. The first kappa shape index (κ1) is 26.0. The maximum absolute atomic E-state index is 13.6. The van der Waals surface area contributed by atoms with Crippen molar-refractivity contribution in [3.63, 3.8) is 0 Å². The number of ether oxygens (including phenoxy) is 2. The van der Waals surface area contributed by atoms with E-state index in [-0.39, 0.29) is 30.4 Å². The second kappa shape index (κ2) is 11.4. The molecule has 0 fully saturated rings. The molecule has 2 heterocycles. The molecule has 190 valence electrons. The van der Waals surface area contributed by atoms with Gasteiger partial charge in [0.15, 0.2) is 0 Å². The lowest BCUT2D eigenvalue weighted by atomic mass is 10.00. The van der Waals surface area contributed by atoms with Crippen LogP contribution in [-0.2, 0) is 11.2 Å². The minimum Gasteiger partial charge on any atom is -0.497 e. The van der Waals surface area contributed by atoms with Crippen LogP contribution in [-0.4, -0.2) is 54.5 Å². The Balaban J connectivity index is 1.52. The highest BCUT2D eigenvalue weighted by atomic mass is 35.5. The van der Waals surface area contributed by atoms with Gasteiger partial charge >= 0.3 is 0 Å². The Kier molecular flexibility index (Phi) is 8.21. The van der Waals surface area contributed by atoms with Gasteiger partial charge < -0.3 is 19.3 Å². The molecule has 1 aliphatic heterocycles. The fraction of sp³-hybridized carbons (Fsp3) is 0.357. The fourth-order valence-corrected chi connectivity index (χ4v) is 5.43. The molecule has 0 saturated heterocycles. The van der Waals surface area contributed by atoms with Crippen molar-refractivity contribution < 1.29 is 19.1 Å². The van der Waals surface area contributed by atoms with Crippen LogP contribution in [0, 0.1) is 6.92 Å². The van der Waals surface area contributed by atoms with Crippen LogP contribution in [0.1, 0.15) is 46.3 Å². The third-order valence-electron chi connectivity index (χ3n) is 6.48. The normalized spacial score (nSPS) is 14.9. The molecule has 36 heavy (non-hydrogen) atoms. The number of fused-ring (bicyclic) bond motifs is 1. The number of hydrogen-bond donors (Lipinski definition) is 0. The van der Waals surface area contributed by atoms with E-state index in [0.717, 1.165) is 17.5 Å². The van der Waals surface area contributed by atoms with E-state index in [4.69, 9.17) is 21.1 Å². The van der Waals surface area contributed by atoms with Gasteiger partial charge in [-0.05, 0) is 92.2 Å². The van der Waals surface area contributed by atoms with Crippen molar-refractivity contribution in [2.75, 3.05) is 26.8 Å². The van der Waals surface area contributed by atoms with Gasteiger partial charge in [0.05, 0.1) is 13.2 Å². The second-order valence-electron chi connectivity index (χ2n) is 9.13. The Morgan fingerprint density at radius 1 is 1.14 bits per heavy atom. The number of nitrogens with zero attached hydrogens (tertiary/aromatic N) is 2. The van der Waals surface area contributed by atoms with Crippen LogP contribution in [0.2, 0.25) is 5.02 Å². The molecule has 0 bridgehead atoms. The molecular formula is C28H31ClN2O4S. The van der Waals surface area contributed by atoms with Crippen molar-refractivity contribution in [3.05, 3.63) is 80.5 Å². The predicted octanol–water partition coefficient (Wildman–Crippen LogP) is 5.77. The number of halogens is 1. The second-order valence-corrected chi connectivity index (χ2v) is 10.5. The van der Waals surface area contributed by atoms with Crippen molar-refractivity contribution in [2.45, 2.75) is 39.3 Å². The van der Waals surface area contributed by atoms with E-state index < -0.39 is 0 Å². The van der Waals surface area contributed by atoms with Crippen LogP contribution < -0.4 is 9.47 Å². The van der Waals surface area contributed by atoms with E-state index in [1.54, 1.807) is 47.6 Å². The maximum Gasteiger partial charge on any atom is 0.254 e. The molecule has 8 heteroatoms. The van der Waals surface area contributed by atoms with Gasteiger partial charge in [0.2, 0.25) is 5.91 Å². The first-order valence-electron chi connectivity index (χ1n) is 12.0. The zero-order valence-corrected chi connectivity index (χ0v) is 22.6. The molecule has 1 aliphatic rings. The van der Waals surface area contributed by atoms with Gasteiger partial charge in [0.25, 0.3) is 5.91 Å². The third-order valence-corrected chi connectivity index (χ3v) is 7.90. The van der Waals surface area contributed by atoms with Crippen LogP contribution in [0.15, 0.2) is 53.9 Å². The Labute approximate surface area is 221 Å². The number of aryl methyl sites for hydroxylation is 1. The van der Waals surface area contributed by atoms with Crippen LogP contribution >= 0.6 is 22.9 Å². The molecule has 1 aromatic heterocycles. The lowest BCUT2D eigenvalue weighted by Crippen LogP contribution is -2.49. The summed E-state index contributed by atoms with van der Waals surface area (Å²) in [6.07, 6.45) is 0.795. The minimum atomic E-state index is -0.228. The first-order chi connectivity index (χ1) is 17.3. The molecule has 3 aromatic rings. The van der Waals surface area contributed by atoms with Gasteiger partial charge in [-0.1, -0.05) is 11.6 Å². The molecule has 0 N–H and O–H groups in total. The summed E-state index contributed by atoms with van der Waals surface area (Å²) in [5.41, 5.74) is 2.57. The van der Waals surface area contributed by atoms with Crippen molar-refractivity contribution in [2.24, 2.45) is 0 Å². The number of carbonyl (C=O) groups excluding carboxylic acids is 2. The lowest BCUT2D eigenvalue weighted by molar-refractivity contribution is -0.136. The van der Waals surface area contributed by atoms with E-state index in [1.165, 1.54) is 4.88 Å². The van der Waals surface area contributed by atoms with Gasteiger partial charge in [0.1, 0.15) is 24.7 Å². The molecule has 2 aromatic carbocycles. The quantitative estimate of drug-likeness (QED) is 0.373. The predicted molar refractivity (Wildman–Crippen MR) is 143 cm³/mol. The lowest BCUT2D eigenvalue weighted by Gasteiger charge is -2.37. The molecule has 0 spiro atoms. The highest BCUT2D eigenvalue weighted by Gasteiger charge is 2.34. The monoisotopic (exact) mass is 526 g/mol. The average molecular weight is 527 g/mol. The minimum absolute atomic E-state index is 0.00144. The summed E-state index contributed by atoms with van der Waals surface area (Å²) in [6, 6.07) is 14.2. The molecule has 0 radical (unpaired) electrons. The summed E-state index contributed by atoms with van der Waals surface area (Å²) in [7, 11) is 1.58. The molecule has 1 atom stereocenters. The summed E-state index contributed by atoms with van der Waals surface area (Å²) in [6.45, 7) is 6.69. The van der Waals surface area contributed by atoms with Crippen molar-refractivity contribution in [1.82, 2.24) is 9.80 Å². The van der Waals surface area contributed by atoms with Crippen LogP contribution in [0.4, 0.5) is 0 Å². The van der Waals surface area contributed by atoms with E-state index in [0.29, 0.717) is 35.2 Å². The highest BCUT2D eigenvalue weighted by molar-refractivity contribution is 7.10. The number of benzene rings is 2. The number of thiophene rings is 1. The average Bonchev–Trinajstić information content (AvgIpc) is 3.36. The molecule has 0 saturated carbocycles. The third kappa shape index (κ3) is 5.68. The van der Waals surface area contributed by atoms with E-state index in [2.05, 4.69) is 11.4 Å². The van der Waals surface area contributed by atoms with E-state index >= 15 is 0 Å². The molecule has 0 unspecified atom stereocenters. The van der Waals surface area contributed by atoms with Crippen LogP contribution in [0.25, 0.3) is 0 Å². The molecule has 2 amide bonds. The van der Waals surface area contributed by atoms with Crippen LogP contribution in [0.5, 0.6) is 11.5 Å². The summed E-state index contributed by atoms with van der Waals surface area (Å²) >= 11 is 7.87. The number of hydrogen-bond acceptors (Lipinski definition) is 5. The van der Waals surface area contributed by atoms with Crippen molar-refractivity contribution >= 4 is 34.8 Å². The summed E-state index contributed by atoms with van der Waals surface area (Å²) < 4.78 is 11.3. The smallest absolute Gasteiger partial charge is 0.254 e. The van der Waals surface area contributed by atoms with Gasteiger partial charge in [-0.2, -0.15) is 0 Å². The number of methoxy groups -OCH3 is 1. The Morgan fingerprint density at radius 2 is 1.86 bits per heavy atom. The molecule has 0 aliphatic carbocycles. The number of amides is 2.